The Hall–Kier alpha value is -3.02. The van der Waals surface area contributed by atoms with Crippen LogP contribution in [-0.2, 0) is 16.6 Å². The molecule has 1 N–H and O–H groups in total. The second kappa shape index (κ2) is 6.95. The molecule has 0 bridgehead atoms. The molecule has 0 saturated heterocycles. The van der Waals surface area contributed by atoms with Gasteiger partial charge < -0.3 is 0 Å². The smallest absolute Gasteiger partial charge is 0.249 e. The molecule has 0 saturated carbocycles. The summed E-state index contributed by atoms with van der Waals surface area (Å²) in [5.41, 5.74) is 1.46. The Labute approximate surface area is 158 Å². The van der Waals surface area contributed by atoms with Crippen LogP contribution in [0.2, 0.25) is 0 Å². The number of carbonyl (C=O) groups is 1. The van der Waals surface area contributed by atoms with E-state index in [1.165, 1.54) is 5.56 Å². The standard InChI is InChI=1S/C21H23N5O/c1-21(2,16-7-4-3-5-8-16)19(27)24-20-23-18-10-6-9-17(26(18)25-20)15-11-13-22-14-12-15/h3-5,7-8,11-14,17H,6,9-10H2,1-2H3,(H,24,25,27). The van der Waals surface area contributed by atoms with Crippen LogP contribution in [0.25, 0.3) is 0 Å². The first kappa shape index (κ1) is 17.4. The van der Waals surface area contributed by atoms with E-state index < -0.39 is 5.41 Å². The third kappa shape index (κ3) is 3.35. The predicted octanol–water partition coefficient (Wildman–Crippen LogP) is 3.52. The lowest BCUT2D eigenvalue weighted by atomic mass is 9.84. The molecule has 1 atom stereocenters. The average molecular weight is 361 g/mol. The Morgan fingerprint density at radius 1 is 1.15 bits per heavy atom. The van der Waals surface area contributed by atoms with Gasteiger partial charge >= 0.3 is 0 Å². The van der Waals surface area contributed by atoms with Crippen molar-refractivity contribution in [2.75, 3.05) is 5.32 Å². The summed E-state index contributed by atoms with van der Waals surface area (Å²) in [6.45, 7) is 3.82. The van der Waals surface area contributed by atoms with Crippen LogP contribution in [0.1, 0.15) is 49.7 Å². The summed E-state index contributed by atoms with van der Waals surface area (Å²) >= 11 is 0. The zero-order chi connectivity index (χ0) is 18.9. The number of hydrogen-bond acceptors (Lipinski definition) is 4. The summed E-state index contributed by atoms with van der Waals surface area (Å²) in [4.78, 5) is 21.6. The Morgan fingerprint density at radius 2 is 1.89 bits per heavy atom. The maximum atomic E-state index is 12.9. The third-order valence-electron chi connectivity index (χ3n) is 5.25. The van der Waals surface area contributed by atoms with Gasteiger partial charge in [-0.15, -0.1) is 5.10 Å². The molecule has 0 spiro atoms. The molecule has 2 aromatic heterocycles. The van der Waals surface area contributed by atoms with Crippen molar-refractivity contribution in [2.45, 2.75) is 44.6 Å². The second-order valence-corrected chi connectivity index (χ2v) is 7.43. The fourth-order valence-corrected chi connectivity index (χ4v) is 3.54. The van der Waals surface area contributed by atoms with Gasteiger partial charge in [0.2, 0.25) is 11.9 Å². The molecule has 0 aliphatic carbocycles. The number of aryl methyl sites for hydroxylation is 1. The van der Waals surface area contributed by atoms with Crippen molar-refractivity contribution in [3.8, 4) is 0 Å². The van der Waals surface area contributed by atoms with Crippen molar-refractivity contribution in [1.29, 1.82) is 0 Å². The number of benzene rings is 1. The Bertz CT molecular complexity index is 934. The molecule has 6 nitrogen and oxygen atoms in total. The van der Waals surface area contributed by atoms with Gasteiger partial charge in [0, 0.05) is 18.8 Å². The van der Waals surface area contributed by atoms with Crippen LogP contribution in [0, 0.1) is 0 Å². The number of carbonyl (C=O) groups excluding carboxylic acids is 1. The van der Waals surface area contributed by atoms with Crippen molar-refractivity contribution >= 4 is 11.9 Å². The van der Waals surface area contributed by atoms with Gasteiger partial charge in [0.05, 0.1) is 11.5 Å². The van der Waals surface area contributed by atoms with Crippen LogP contribution in [0.15, 0.2) is 54.9 Å². The van der Waals surface area contributed by atoms with Crippen LogP contribution >= 0.6 is 0 Å². The zero-order valence-electron chi connectivity index (χ0n) is 15.6. The Kier molecular flexibility index (Phi) is 4.48. The minimum atomic E-state index is -0.669. The molecule has 6 heteroatoms. The first-order chi connectivity index (χ1) is 13.1. The summed E-state index contributed by atoms with van der Waals surface area (Å²) in [7, 11) is 0. The number of fused-ring (bicyclic) bond motifs is 1. The van der Waals surface area contributed by atoms with Crippen molar-refractivity contribution in [2.24, 2.45) is 0 Å². The van der Waals surface area contributed by atoms with Crippen LogP contribution in [-0.4, -0.2) is 25.7 Å². The average Bonchev–Trinajstić information content (AvgIpc) is 3.11. The number of nitrogens with zero attached hydrogens (tertiary/aromatic N) is 4. The van der Waals surface area contributed by atoms with Crippen LogP contribution < -0.4 is 5.32 Å². The van der Waals surface area contributed by atoms with E-state index >= 15 is 0 Å². The second-order valence-electron chi connectivity index (χ2n) is 7.43. The van der Waals surface area contributed by atoms with Gasteiger partial charge in [0.15, 0.2) is 0 Å². The SMILES string of the molecule is CC(C)(C(=O)Nc1nc2n(n1)C(c1ccncc1)CCC2)c1ccccc1. The van der Waals surface area contributed by atoms with E-state index in [1.807, 2.05) is 61.0 Å². The number of anilines is 1. The van der Waals surface area contributed by atoms with E-state index in [0.717, 1.165) is 30.7 Å². The van der Waals surface area contributed by atoms with Gasteiger partial charge in [0.25, 0.3) is 0 Å². The normalized spacial score (nSPS) is 16.6. The van der Waals surface area contributed by atoms with Crippen molar-refractivity contribution in [3.05, 3.63) is 71.8 Å². The van der Waals surface area contributed by atoms with E-state index in [1.54, 1.807) is 12.4 Å². The lowest BCUT2D eigenvalue weighted by Crippen LogP contribution is -2.35. The largest absolute Gasteiger partial charge is 0.292 e. The maximum absolute atomic E-state index is 12.9. The monoisotopic (exact) mass is 361 g/mol. The van der Waals surface area contributed by atoms with Crippen LogP contribution in [0.5, 0.6) is 0 Å². The molecule has 3 aromatic rings. The molecule has 1 aliphatic heterocycles. The van der Waals surface area contributed by atoms with Gasteiger partial charge in [-0.2, -0.15) is 4.98 Å². The summed E-state index contributed by atoms with van der Waals surface area (Å²) in [5.74, 6) is 1.17. The number of amides is 1. The van der Waals surface area contributed by atoms with Crippen molar-refractivity contribution in [1.82, 2.24) is 19.7 Å². The zero-order valence-corrected chi connectivity index (χ0v) is 15.6. The van der Waals surface area contributed by atoms with Crippen LogP contribution in [0.4, 0.5) is 5.95 Å². The number of nitrogens with one attached hydrogen (secondary N) is 1. The predicted molar refractivity (Wildman–Crippen MR) is 103 cm³/mol. The number of pyridine rings is 1. The first-order valence-corrected chi connectivity index (χ1v) is 9.28. The Balaban J connectivity index is 1.58. The van der Waals surface area contributed by atoms with E-state index in [2.05, 4.69) is 20.4 Å². The van der Waals surface area contributed by atoms with Gasteiger partial charge in [0.1, 0.15) is 5.82 Å². The van der Waals surface area contributed by atoms with Gasteiger partial charge in [-0.1, -0.05) is 30.3 Å². The highest BCUT2D eigenvalue weighted by molar-refractivity contribution is 5.97. The van der Waals surface area contributed by atoms with Gasteiger partial charge in [-0.3, -0.25) is 15.1 Å². The first-order valence-electron chi connectivity index (χ1n) is 9.28. The highest BCUT2D eigenvalue weighted by Crippen LogP contribution is 2.30. The number of hydrogen-bond donors (Lipinski definition) is 1. The van der Waals surface area contributed by atoms with Gasteiger partial charge in [-0.25, -0.2) is 4.68 Å². The highest BCUT2D eigenvalue weighted by Gasteiger charge is 2.31. The molecule has 4 rings (SSSR count). The maximum Gasteiger partial charge on any atom is 0.249 e. The summed E-state index contributed by atoms with van der Waals surface area (Å²) < 4.78 is 1.95. The molecule has 0 radical (unpaired) electrons. The molecule has 1 aliphatic rings. The quantitative estimate of drug-likeness (QED) is 0.772. The highest BCUT2D eigenvalue weighted by atomic mass is 16.2. The molecular formula is C21H23N5O. The van der Waals surface area contributed by atoms with Gasteiger partial charge in [-0.05, 0) is 49.9 Å². The van der Waals surface area contributed by atoms with E-state index in [-0.39, 0.29) is 11.9 Å². The minimum Gasteiger partial charge on any atom is -0.292 e. The number of rotatable bonds is 4. The van der Waals surface area contributed by atoms with E-state index in [9.17, 15) is 4.79 Å². The van der Waals surface area contributed by atoms with E-state index in [0.29, 0.717) is 5.95 Å². The summed E-state index contributed by atoms with van der Waals surface area (Å²) in [6.07, 6.45) is 6.52. The summed E-state index contributed by atoms with van der Waals surface area (Å²) in [6, 6.07) is 13.9. The van der Waals surface area contributed by atoms with Crippen LogP contribution in [0.3, 0.4) is 0 Å². The molecule has 0 fully saturated rings. The fourth-order valence-electron chi connectivity index (χ4n) is 3.54. The minimum absolute atomic E-state index is 0.114. The van der Waals surface area contributed by atoms with Crippen molar-refractivity contribution < 1.29 is 4.79 Å². The molecule has 138 valence electrons. The van der Waals surface area contributed by atoms with Crippen molar-refractivity contribution in [3.63, 3.8) is 0 Å². The molecular weight excluding hydrogens is 338 g/mol. The molecule has 3 heterocycles. The lowest BCUT2D eigenvalue weighted by molar-refractivity contribution is -0.120. The lowest BCUT2D eigenvalue weighted by Gasteiger charge is -2.23. The number of aromatic nitrogens is 4. The topological polar surface area (TPSA) is 72.7 Å². The Morgan fingerprint density at radius 3 is 2.63 bits per heavy atom. The molecule has 1 amide bonds. The molecule has 1 aromatic carbocycles. The third-order valence-corrected chi connectivity index (χ3v) is 5.25. The summed E-state index contributed by atoms with van der Waals surface area (Å²) in [5, 5.41) is 7.52. The molecule has 27 heavy (non-hydrogen) atoms. The van der Waals surface area contributed by atoms with E-state index in [4.69, 9.17) is 0 Å². The fraction of sp³-hybridized carbons (Fsp3) is 0.333. The molecule has 1 unspecified atom stereocenters.